The van der Waals surface area contributed by atoms with Crippen LogP contribution < -0.4 is 4.90 Å². The van der Waals surface area contributed by atoms with Gasteiger partial charge in [0.1, 0.15) is 0 Å². The van der Waals surface area contributed by atoms with E-state index < -0.39 is 0 Å². The van der Waals surface area contributed by atoms with Crippen molar-refractivity contribution in [2.45, 2.75) is 18.7 Å². The molecule has 0 aliphatic carbocycles. The maximum atomic E-state index is 9.34. The molecule has 0 heterocycles. The monoisotopic (exact) mass is 306 g/mol. The van der Waals surface area contributed by atoms with Gasteiger partial charge in [0.05, 0.1) is 0 Å². The van der Waals surface area contributed by atoms with Gasteiger partial charge in [-0.1, -0.05) is 38.1 Å². The Labute approximate surface area is 132 Å². The van der Waals surface area contributed by atoms with Crippen molar-refractivity contribution in [1.29, 1.82) is 0 Å². The lowest BCUT2D eigenvalue weighted by Gasteiger charge is -2.23. The Morgan fingerprint density at radius 2 is 1.52 bits per heavy atom. The summed E-state index contributed by atoms with van der Waals surface area (Å²) in [7, 11) is 6.27. The molecule has 0 spiro atoms. The standard InChI is InChI=1S/C15H20N2OS.C2H6/c1-16(2)10-11-17(3)14-8-4-7-13-12(14)6-5-9-15(13)19-18;1-2/h4-9,18H,10-11H2,1-3H3;1-2H3. The summed E-state index contributed by atoms with van der Waals surface area (Å²) in [4.78, 5) is 5.34. The second-order valence-corrected chi connectivity index (χ2v) is 5.57. The van der Waals surface area contributed by atoms with Crippen LogP contribution >= 0.6 is 12.0 Å². The highest BCUT2D eigenvalue weighted by molar-refractivity contribution is 7.94. The molecule has 4 heteroatoms. The van der Waals surface area contributed by atoms with Gasteiger partial charge < -0.3 is 14.4 Å². The van der Waals surface area contributed by atoms with Gasteiger partial charge in [-0.05, 0) is 31.6 Å². The van der Waals surface area contributed by atoms with Crippen LogP contribution in [0.2, 0.25) is 0 Å². The van der Waals surface area contributed by atoms with E-state index in [-0.39, 0.29) is 0 Å². The van der Waals surface area contributed by atoms with Gasteiger partial charge in [0, 0.05) is 48.1 Å². The predicted molar refractivity (Wildman–Crippen MR) is 95.6 cm³/mol. The first kappa shape index (κ1) is 17.8. The molecule has 2 aromatic rings. The Morgan fingerprint density at radius 3 is 2.14 bits per heavy atom. The normalized spacial score (nSPS) is 10.4. The van der Waals surface area contributed by atoms with E-state index >= 15 is 0 Å². The third kappa shape index (κ3) is 4.63. The molecule has 0 bridgehead atoms. The van der Waals surface area contributed by atoms with Crippen LogP contribution in [0.1, 0.15) is 13.8 Å². The molecule has 0 radical (unpaired) electrons. The van der Waals surface area contributed by atoms with Crippen molar-refractivity contribution in [3.05, 3.63) is 36.4 Å². The molecule has 2 aromatic carbocycles. The molecule has 0 aliphatic rings. The minimum atomic E-state index is 0.810. The summed E-state index contributed by atoms with van der Waals surface area (Å²) < 4.78 is 9.34. The minimum Gasteiger partial charge on any atom is -0.373 e. The summed E-state index contributed by atoms with van der Waals surface area (Å²) >= 11 is 0.810. The topological polar surface area (TPSA) is 26.7 Å². The van der Waals surface area contributed by atoms with Gasteiger partial charge in [0.2, 0.25) is 0 Å². The molecule has 0 unspecified atom stereocenters. The zero-order valence-electron chi connectivity index (χ0n) is 13.6. The van der Waals surface area contributed by atoms with E-state index in [4.69, 9.17) is 0 Å². The summed E-state index contributed by atoms with van der Waals surface area (Å²) in [6.07, 6.45) is 0. The Hall–Kier alpha value is -1.23. The fourth-order valence-electron chi connectivity index (χ4n) is 2.15. The molecule has 0 aliphatic heterocycles. The van der Waals surface area contributed by atoms with Crippen molar-refractivity contribution in [3.8, 4) is 0 Å². The fraction of sp³-hybridized carbons (Fsp3) is 0.412. The van der Waals surface area contributed by atoms with Crippen LogP contribution in [0.3, 0.4) is 0 Å². The smallest absolute Gasteiger partial charge is 0.0444 e. The van der Waals surface area contributed by atoms with Gasteiger partial charge in [0.15, 0.2) is 0 Å². The van der Waals surface area contributed by atoms with Gasteiger partial charge in [-0.15, -0.1) is 0 Å². The molecule has 21 heavy (non-hydrogen) atoms. The first-order chi connectivity index (χ1) is 10.1. The van der Waals surface area contributed by atoms with Crippen molar-refractivity contribution in [1.82, 2.24) is 4.90 Å². The summed E-state index contributed by atoms with van der Waals surface area (Å²) in [5.41, 5.74) is 1.20. The van der Waals surface area contributed by atoms with Crippen LogP contribution in [-0.4, -0.2) is 43.7 Å². The zero-order chi connectivity index (χ0) is 15.8. The number of fused-ring (bicyclic) bond motifs is 1. The molecule has 0 aromatic heterocycles. The molecule has 3 nitrogen and oxygen atoms in total. The Morgan fingerprint density at radius 1 is 0.905 bits per heavy atom. The third-order valence-corrected chi connectivity index (χ3v) is 3.80. The molecule has 116 valence electrons. The van der Waals surface area contributed by atoms with Gasteiger partial charge in [-0.25, -0.2) is 0 Å². The van der Waals surface area contributed by atoms with Crippen molar-refractivity contribution in [3.63, 3.8) is 0 Å². The molecule has 0 amide bonds. The number of benzene rings is 2. The van der Waals surface area contributed by atoms with Crippen molar-refractivity contribution >= 4 is 28.5 Å². The Bertz CT molecular complexity index is 557. The molecule has 0 fully saturated rings. The highest BCUT2D eigenvalue weighted by atomic mass is 32.2. The first-order valence-electron chi connectivity index (χ1n) is 7.32. The fourth-order valence-corrected chi connectivity index (χ4v) is 2.56. The highest BCUT2D eigenvalue weighted by Gasteiger charge is 2.08. The summed E-state index contributed by atoms with van der Waals surface area (Å²) in [5.74, 6) is 0. The second kappa shape index (κ2) is 8.93. The highest BCUT2D eigenvalue weighted by Crippen LogP contribution is 2.32. The lowest BCUT2D eigenvalue weighted by molar-refractivity contribution is 0.416. The quantitative estimate of drug-likeness (QED) is 0.827. The maximum absolute atomic E-state index is 9.34. The average molecular weight is 306 g/mol. The van der Waals surface area contributed by atoms with Crippen molar-refractivity contribution in [2.75, 3.05) is 39.1 Å². The molecule has 1 N–H and O–H groups in total. The number of hydrogen-bond acceptors (Lipinski definition) is 4. The first-order valence-corrected chi connectivity index (χ1v) is 8.10. The number of anilines is 1. The van der Waals surface area contributed by atoms with Crippen molar-refractivity contribution < 1.29 is 4.55 Å². The Balaban J connectivity index is 0.00000106. The van der Waals surface area contributed by atoms with Gasteiger partial charge in [0.25, 0.3) is 0 Å². The SMILES string of the molecule is CC.CN(C)CCN(C)c1cccc2c(SO)cccc12. The summed E-state index contributed by atoms with van der Waals surface area (Å²) in [6.45, 7) is 5.99. The van der Waals surface area contributed by atoms with Gasteiger partial charge in [-0.3, -0.25) is 0 Å². The summed E-state index contributed by atoms with van der Waals surface area (Å²) in [5, 5.41) is 2.28. The molecule has 0 saturated carbocycles. The van der Waals surface area contributed by atoms with Crippen LogP contribution in [0.25, 0.3) is 10.8 Å². The minimum absolute atomic E-state index is 0.810. The zero-order valence-corrected chi connectivity index (χ0v) is 14.4. The number of likely N-dealkylation sites (N-methyl/N-ethyl adjacent to an activating group) is 2. The molecule has 2 rings (SSSR count). The van der Waals surface area contributed by atoms with Crippen LogP contribution in [-0.2, 0) is 0 Å². The lowest BCUT2D eigenvalue weighted by Crippen LogP contribution is -2.28. The van der Waals surface area contributed by atoms with Crippen LogP contribution in [0, 0.1) is 0 Å². The number of hydrogen-bond donors (Lipinski definition) is 1. The number of nitrogens with zero attached hydrogens (tertiary/aromatic N) is 2. The van der Waals surface area contributed by atoms with Crippen LogP contribution in [0.4, 0.5) is 5.69 Å². The largest absolute Gasteiger partial charge is 0.373 e. The van der Waals surface area contributed by atoms with Crippen molar-refractivity contribution in [2.24, 2.45) is 0 Å². The van der Waals surface area contributed by atoms with E-state index in [1.807, 2.05) is 32.0 Å². The second-order valence-electron chi connectivity index (χ2n) is 4.94. The van der Waals surface area contributed by atoms with E-state index in [2.05, 4.69) is 49.1 Å². The van der Waals surface area contributed by atoms with Gasteiger partial charge in [-0.2, -0.15) is 0 Å². The Kier molecular flexibility index (Phi) is 7.57. The molecular formula is C17H26N2OS. The van der Waals surface area contributed by atoms with E-state index in [9.17, 15) is 4.55 Å². The third-order valence-electron chi connectivity index (χ3n) is 3.25. The van der Waals surface area contributed by atoms with E-state index in [0.29, 0.717) is 0 Å². The average Bonchev–Trinajstić information content (AvgIpc) is 2.53. The molecular weight excluding hydrogens is 280 g/mol. The van der Waals surface area contributed by atoms with Gasteiger partial charge >= 0.3 is 0 Å². The molecule has 0 atom stereocenters. The molecule has 0 saturated heterocycles. The van der Waals surface area contributed by atoms with E-state index in [0.717, 1.165) is 35.4 Å². The number of rotatable bonds is 5. The summed E-state index contributed by atoms with van der Waals surface area (Å²) in [6, 6.07) is 12.3. The van der Waals surface area contributed by atoms with E-state index in [1.165, 1.54) is 11.1 Å². The lowest BCUT2D eigenvalue weighted by atomic mass is 10.1. The van der Waals surface area contributed by atoms with Crippen LogP contribution in [0.5, 0.6) is 0 Å². The van der Waals surface area contributed by atoms with E-state index in [1.54, 1.807) is 0 Å². The van der Waals surface area contributed by atoms with Crippen LogP contribution in [0.15, 0.2) is 41.3 Å². The maximum Gasteiger partial charge on any atom is 0.0444 e. The predicted octanol–water partition coefficient (Wildman–Crippen LogP) is 4.43.